The van der Waals surface area contributed by atoms with E-state index in [4.69, 9.17) is 0 Å². The molecular formula is C24H24N2O2S. The van der Waals surface area contributed by atoms with Crippen molar-refractivity contribution < 1.29 is 8.42 Å². The Kier molecular flexibility index (Phi) is 4.72. The summed E-state index contributed by atoms with van der Waals surface area (Å²) in [7, 11) is -3.50. The highest BCUT2D eigenvalue weighted by Gasteiger charge is 2.41. The highest BCUT2D eigenvalue weighted by Crippen LogP contribution is 2.41. The molecule has 0 amide bonds. The van der Waals surface area contributed by atoms with Gasteiger partial charge in [0.15, 0.2) is 0 Å². The molecule has 3 unspecified atom stereocenters. The van der Waals surface area contributed by atoms with E-state index in [-0.39, 0.29) is 6.04 Å². The van der Waals surface area contributed by atoms with Gasteiger partial charge in [0.25, 0.3) is 0 Å². The van der Waals surface area contributed by atoms with E-state index in [0.29, 0.717) is 16.7 Å². The lowest BCUT2D eigenvalue weighted by Gasteiger charge is -2.23. The zero-order valence-electron chi connectivity index (χ0n) is 16.2. The summed E-state index contributed by atoms with van der Waals surface area (Å²) in [6.45, 7) is 0. The predicted molar refractivity (Wildman–Crippen MR) is 114 cm³/mol. The second kappa shape index (κ2) is 7.39. The molecule has 1 N–H and O–H groups in total. The average molecular weight is 405 g/mol. The first-order valence-electron chi connectivity index (χ1n) is 10.2. The fourth-order valence-corrected chi connectivity index (χ4v) is 6.36. The van der Waals surface area contributed by atoms with Crippen LogP contribution in [-0.4, -0.2) is 19.4 Å². The third-order valence-corrected chi connectivity index (χ3v) is 7.91. The van der Waals surface area contributed by atoms with Crippen molar-refractivity contribution in [1.29, 1.82) is 0 Å². The number of aromatic nitrogens is 1. The van der Waals surface area contributed by atoms with Gasteiger partial charge in [0.05, 0.1) is 4.90 Å². The summed E-state index contributed by atoms with van der Waals surface area (Å²) in [5.74, 6) is 0.688. The molecule has 2 bridgehead atoms. The van der Waals surface area contributed by atoms with Gasteiger partial charge < -0.3 is 0 Å². The molecule has 148 valence electrons. The third-order valence-electron chi connectivity index (χ3n) is 6.43. The van der Waals surface area contributed by atoms with Crippen molar-refractivity contribution >= 4 is 10.0 Å². The molecule has 1 fully saturated rings. The summed E-state index contributed by atoms with van der Waals surface area (Å²) in [5.41, 5.74) is 5.00. The zero-order chi connectivity index (χ0) is 19.8. The van der Waals surface area contributed by atoms with E-state index in [1.807, 2.05) is 18.3 Å². The van der Waals surface area contributed by atoms with Crippen molar-refractivity contribution in [2.24, 2.45) is 11.8 Å². The number of fused-ring (bicyclic) bond motifs is 3. The molecule has 2 aliphatic carbocycles. The molecule has 29 heavy (non-hydrogen) atoms. The number of hydrogen-bond acceptors (Lipinski definition) is 3. The number of nitrogens with zero attached hydrogens (tertiary/aromatic N) is 1. The Morgan fingerprint density at radius 1 is 0.828 bits per heavy atom. The van der Waals surface area contributed by atoms with Gasteiger partial charge >= 0.3 is 0 Å². The molecule has 1 aromatic heterocycles. The molecule has 0 aliphatic heterocycles. The van der Waals surface area contributed by atoms with Crippen LogP contribution in [0.3, 0.4) is 0 Å². The van der Waals surface area contributed by atoms with Crippen molar-refractivity contribution in [2.45, 2.75) is 36.6 Å². The Hall–Kier alpha value is -2.50. The topological polar surface area (TPSA) is 59.1 Å². The van der Waals surface area contributed by atoms with Crippen LogP contribution in [-0.2, 0) is 22.9 Å². The Morgan fingerprint density at radius 3 is 2.31 bits per heavy atom. The smallest absolute Gasteiger partial charge is 0.240 e. The number of sulfonamides is 1. The molecule has 2 aromatic carbocycles. The number of rotatable bonds is 4. The summed E-state index contributed by atoms with van der Waals surface area (Å²) in [6, 6.07) is 19.4. The van der Waals surface area contributed by atoms with Gasteiger partial charge in [-0.3, -0.25) is 4.98 Å². The van der Waals surface area contributed by atoms with E-state index >= 15 is 0 Å². The quantitative estimate of drug-likeness (QED) is 0.708. The summed E-state index contributed by atoms with van der Waals surface area (Å²) in [4.78, 5) is 4.58. The average Bonchev–Trinajstić information content (AvgIpc) is 3.02. The maximum absolute atomic E-state index is 12.9. The highest BCUT2D eigenvalue weighted by atomic mass is 32.2. The minimum Gasteiger partial charge on any atom is -0.264 e. The van der Waals surface area contributed by atoms with Gasteiger partial charge in [0, 0.05) is 18.4 Å². The summed E-state index contributed by atoms with van der Waals surface area (Å²) in [6.07, 6.45) is 7.68. The van der Waals surface area contributed by atoms with Gasteiger partial charge in [-0.25, -0.2) is 13.1 Å². The van der Waals surface area contributed by atoms with E-state index in [0.717, 1.165) is 31.2 Å². The predicted octanol–water partition coefficient (Wildman–Crippen LogP) is 4.22. The fourth-order valence-electron chi connectivity index (χ4n) is 4.96. The van der Waals surface area contributed by atoms with E-state index in [1.165, 1.54) is 16.7 Å². The van der Waals surface area contributed by atoms with E-state index in [2.05, 4.69) is 34.0 Å². The summed E-state index contributed by atoms with van der Waals surface area (Å²) < 4.78 is 28.9. The van der Waals surface area contributed by atoms with Crippen molar-refractivity contribution in [3.8, 4) is 11.1 Å². The van der Waals surface area contributed by atoms with Crippen LogP contribution in [0.25, 0.3) is 11.1 Å². The monoisotopic (exact) mass is 404 g/mol. The molecule has 0 saturated heterocycles. The van der Waals surface area contributed by atoms with Crippen LogP contribution in [0.15, 0.2) is 78.0 Å². The van der Waals surface area contributed by atoms with Crippen molar-refractivity contribution in [3.63, 3.8) is 0 Å². The van der Waals surface area contributed by atoms with E-state index in [9.17, 15) is 8.42 Å². The molecule has 1 saturated carbocycles. The minimum absolute atomic E-state index is 0.00514. The van der Waals surface area contributed by atoms with Crippen LogP contribution >= 0.6 is 0 Å². The van der Waals surface area contributed by atoms with Gasteiger partial charge in [-0.1, -0.05) is 42.5 Å². The largest absolute Gasteiger partial charge is 0.264 e. The van der Waals surface area contributed by atoms with Gasteiger partial charge in [-0.15, -0.1) is 0 Å². The van der Waals surface area contributed by atoms with E-state index < -0.39 is 10.0 Å². The van der Waals surface area contributed by atoms with Crippen LogP contribution in [0.1, 0.15) is 24.0 Å². The molecule has 1 heterocycles. The first kappa shape index (κ1) is 18.5. The van der Waals surface area contributed by atoms with Crippen LogP contribution in [0.5, 0.6) is 0 Å². The van der Waals surface area contributed by atoms with Gasteiger partial charge in [0.2, 0.25) is 10.0 Å². The first-order valence-corrected chi connectivity index (χ1v) is 11.7. The van der Waals surface area contributed by atoms with Crippen LogP contribution in [0.2, 0.25) is 0 Å². The second-order valence-electron chi connectivity index (χ2n) is 8.19. The third kappa shape index (κ3) is 3.61. The number of hydrogen-bond donors (Lipinski definition) is 1. The Bertz CT molecular complexity index is 1110. The molecular weight excluding hydrogens is 380 g/mol. The summed E-state index contributed by atoms with van der Waals surface area (Å²) in [5, 5.41) is 0. The maximum Gasteiger partial charge on any atom is 0.240 e. The Balaban J connectivity index is 1.43. The van der Waals surface area contributed by atoms with Crippen molar-refractivity contribution in [3.05, 3.63) is 84.2 Å². The lowest BCUT2D eigenvalue weighted by Crippen LogP contribution is -2.41. The van der Waals surface area contributed by atoms with E-state index in [1.54, 1.807) is 30.5 Å². The minimum atomic E-state index is -3.50. The van der Waals surface area contributed by atoms with Gasteiger partial charge in [-0.2, -0.15) is 0 Å². The second-order valence-corrected chi connectivity index (χ2v) is 9.91. The molecule has 3 aromatic rings. The molecule has 4 nitrogen and oxygen atoms in total. The molecule has 5 rings (SSSR count). The zero-order valence-corrected chi connectivity index (χ0v) is 17.0. The standard InChI is InChI=1S/C24H24N2O2S/c27-29(28,23-6-2-1-3-7-23)26-24-19-10-11-20(24)15-22-14-17(8-9-18(22)13-19)21-5-4-12-25-16-21/h1-9,12,14,16,19-20,24,26H,10-11,13,15H2. The molecule has 3 atom stereocenters. The normalized spacial score (nSPS) is 23.4. The fraction of sp³-hybridized carbons (Fsp3) is 0.292. The first-order chi connectivity index (χ1) is 14.1. The van der Waals surface area contributed by atoms with Crippen molar-refractivity contribution in [2.75, 3.05) is 0 Å². The van der Waals surface area contributed by atoms with Crippen LogP contribution in [0, 0.1) is 11.8 Å². The molecule has 0 spiro atoms. The lowest BCUT2D eigenvalue weighted by atomic mass is 9.91. The maximum atomic E-state index is 12.9. The summed E-state index contributed by atoms with van der Waals surface area (Å²) >= 11 is 0. The Labute approximate surface area is 172 Å². The van der Waals surface area contributed by atoms with Gasteiger partial charge in [-0.05, 0) is 78.0 Å². The highest BCUT2D eigenvalue weighted by molar-refractivity contribution is 7.89. The number of pyridine rings is 1. The van der Waals surface area contributed by atoms with Crippen LogP contribution < -0.4 is 4.72 Å². The molecule has 2 aliphatic rings. The lowest BCUT2D eigenvalue weighted by molar-refractivity contribution is 0.386. The Morgan fingerprint density at radius 2 is 1.59 bits per heavy atom. The number of benzene rings is 2. The van der Waals surface area contributed by atoms with Crippen LogP contribution in [0.4, 0.5) is 0 Å². The van der Waals surface area contributed by atoms with Crippen molar-refractivity contribution in [1.82, 2.24) is 9.71 Å². The number of nitrogens with one attached hydrogen (secondary N) is 1. The SMILES string of the molecule is O=S(=O)(NC1C2CCC1Cc1cc(-c3cccnc3)ccc1C2)c1ccccc1. The molecule has 0 radical (unpaired) electrons. The molecule has 5 heteroatoms. The van der Waals surface area contributed by atoms with Gasteiger partial charge in [0.1, 0.15) is 0 Å².